The van der Waals surface area contributed by atoms with E-state index in [4.69, 9.17) is 10.6 Å². The van der Waals surface area contributed by atoms with Crippen LogP contribution < -0.4 is 5.73 Å². The van der Waals surface area contributed by atoms with Crippen LogP contribution in [0.1, 0.15) is 26.2 Å². The summed E-state index contributed by atoms with van der Waals surface area (Å²) in [4.78, 5) is 7.74. The maximum absolute atomic E-state index is 5.85. The van der Waals surface area contributed by atoms with Crippen LogP contribution in [0.25, 0.3) is 0 Å². The number of piperidine rings is 1. The molecule has 1 saturated heterocycles. The van der Waals surface area contributed by atoms with E-state index in [0.717, 1.165) is 44.6 Å². The van der Waals surface area contributed by atoms with Gasteiger partial charge in [-0.2, -0.15) is 0 Å². The predicted octanol–water partition coefficient (Wildman–Crippen LogP) is 0.574. The Bertz CT molecular complexity index is 221. The highest BCUT2D eigenvalue weighted by atomic mass is 16.6. The van der Waals surface area contributed by atoms with Crippen molar-refractivity contribution in [3.63, 3.8) is 0 Å². The normalized spacial score (nSPS) is 30.1. The molecule has 2 rings (SSSR count). The number of nitrogens with two attached hydrogens (primary N) is 1. The van der Waals surface area contributed by atoms with Crippen LogP contribution in [0.3, 0.4) is 0 Å². The van der Waals surface area contributed by atoms with Gasteiger partial charge in [0.1, 0.15) is 6.10 Å². The minimum atomic E-state index is 0.282. The van der Waals surface area contributed by atoms with Crippen LogP contribution >= 0.6 is 0 Å². The van der Waals surface area contributed by atoms with E-state index in [1.54, 1.807) is 0 Å². The van der Waals surface area contributed by atoms with Gasteiger partial charge in [-0.1, -0.05) is 5.16 Å². The van der Waals surface area contributed by atoms with Crippen LogP contribution in [0.2, 0.25) is 0 Å². The molecule has 0 bridgehead atoms. The minimum absolute atomic E-state index is 0.282. The summed E-state index contributed by atoms with van der Waals surface area (Å²) >= 11 is 0. The molecule has 1 unspecified atom stereocenters. The fraction of sp³-hybridized carbons (Fsp3) is 0.900. The van der Waals surface area contributed by atoms with E-state index in [-0.39, 0.29) is 6.10 Å². The molecule has 2 aliphatic heterocycles. The molecule has 0 aromatic carbocycles. The van der Waals surface area contributed by atoms with Crippen molar-refractivity contribution in [2.45, 2.75) is 38.3 Å². The van der Waals surface area contributed by atoms with Gasteiger partial charge < -0.3 is 10.6 Å². The maximum atomic E-state index is 5.85. The number of rotatable bonds is 2. The first kappa shape index (κ1) is 9.93. The lowest BCUT2D eigenvalue weighted by Gasteiger charge is -2.31. The van der Waals surface area contributed by atoms with Crippen molar-refractivity contribution in [2.24, 2.45) is 10.9 Å². The Morgan fingerprint density at radius 1 is 1.50 bits per heavy atom. The van der Waals surface area contributed by atoms with E-state index < -0.39 is 0 Å². The standard InChI is InChI=1S/C10H19N3O/c1-8-6-10(14-12-8)7-13-4-2-9(11)3-5-13/h9-10H,2-7,11H2,1H3. The summed E-state index contributed by atoms with van der Waals surface area (Å²) in [7, 11) is 0. The molecule has 14 heavy (non-hydrogen) atoms. The van der Waals surface area contributed by atoms with Crippen LogP contribution in [-0.2, 0) is 4.84 Å². The molecule has 4 nitrogen and oxygen atoms in total. The summed E-state index contributed by atoms with van der Waals surface area (Å²) < 4.78 is 0. The summed E-state index contributed by atoms with van der Waals surface area (Å²) in [5.41, 5.74) is 6.96. The number of hydrogen-bond acceptors (Lipinski definition) is 4. The molecule has 1 fully saturated rings. The molecule has 2 aliphatic rings. The fourth-order valence-corrected chi connectivity index (χ4v) is 2.09. The number of nitrogens with zero attached hydrogens (tertiary/aromatic N) is 2. The SMILES string of the molecule is CC1=NOC(CN2CCC(N)CC2)C1. The van der Waals surface area contributed by atoms with Crippen molar-refractivity contribution in [3.05, 3.63) is 0 Å². The van der Waals surface area contributed by atoms with Crippen LogP contribution in [0.5, 0.6) is 0 Å². The van der Waals surface area contributed by atoms with Gasteiger partial charge in [0.15, 0.2) is 0 Å². The Labute approximate surface area is 85.1 Å². The summed E-state index contributed by atoms with van der Waals surface area (Å²) in [6.07, 6.45) is 3.51. The first-order valence-electron chi connectivity index (χ1n) is 5.41. The fourth-order valence-electron chi connectivity index (χ4n) is 2.09. The number of hydrogen-bond donors (Lipinski definition) is 1. The number of oxime groups is 1. The summed E-state index contributed by atoms with van der Waals surface area (Å²) in [5, 5.41) is 3.96. The smallest absolute Gasteiger partial charge is 0.145 e. The summed E-state index contributed by atoms with van der Waals surface area (Å²) in [6.45, 7) is 5.25. The van der Waals surface area contributed by atoms with Crippen molar-refractivity contribution in [1.29, 1.82) is 0 Å². The molecule has 1 atom stereocenters. The van der Waals surface area contributed by atoms with Crippen LogP contribution in [0, 0.1) is 0 Å². The third-order valence-corrected chi connectivity index (χ3v) is 2.97. The van der Waals surface area contributed by atoms with E-state index in [1.165, 1.54) is 0 Å². The second-order valence-corrected chi connectivity index (χ2v) is 4.40. The molecule has 2 heterocycles. The second kappa shape index (κ2) is 4.28. The molecule has 0 aromatic heterocycles. The lowest BCUT2D eigenvalue weighted by Crippen LogP contribution is -2.42. The molecule has 2 N–H and O–H groups in total. The van der Waals surface area contributed by atoms with Crippen LogP contribution in [0.4, 0.5) is 0 Å². The highest BCUT2D eigenvalue weighted by molar-refractivity contribution is 5.82. The second-order valence-electron chi connectivity index (χ2n) is 4.40. The van der Waals surface area contributed by atoms with Gasteiger partial charge in [0.05, 0.1) is 5.71 Å². The molecule has 0 amide bonds. The van der Waals surface area contributed by atoms with Gasteiger partial charge in [-0.25, -0.2) is 0 Å². The van der Waals surface area contributed by atoms with Crippen molar-refractivity contribution in [3.8, 4) is 0 Å². The van der Waals surface area contributed by atoms with Gasteiger partial charge in [0.25, 0.3) is 0 Å². The predicted molar refractivity (Wildman–Crippen MR) is 56.2 cm³/mol. The highest BCUT2D eigenvalue weighted by Gasteiger charge is 2.23. The maximum Gasteiger partial charge on any atom is 0.145 e. The lowest BCUT2D eigenvalue weighted by atomic mass is 10.1. The van der Waals surface area contributed by atoms with E-state index in [2.05, 4.69) is 10.1 Å². The highest BCUT2D eigenvalue weighted by Crippen LogP contribution is 2.14. The molecule has 0 saturated carbocycles. The third kappa shape index (κ3) is 2.45. The minimum Gasteiger partial charge on any atom is -0.391 e. The molecule has 4 heteroatoms. The lowest BCUT2D eigenvalue weighted by molar-refractivity contribution is 0.0456. The van der Waals surface area contributed by atoms with Crippen LogP contribution in [0.15, 0.2) is 5.16 Å². The van der Waals surface area contributed by atoms with E-state index in [0.29, 0.717) is 6.04 Å². The first-order chi connectivity index (χ1) is 6.74. The Hall–Kier alpha value is -0.610. The van der Waals surface area contributed by atoms with Gasteiger partial charge in [0, 0.05) is 19.0 Å². The zero-order valence-corrected chi connectivity index (χ0v) is 8.78. The van der Waals surface area contributed by atoms with Crippen molar-refractivity contribution >= 4 is 5.71 Å². The molecule has 0 radical (unpaired) electrons. The monoisotopic (exact) mass is 197 g/mol. The Morgan fingerprint density at radius 3 is 2.79 bits per heavy atom. The van der Waals surface area contributed by atoms with E-state index >= 15 is 0 Å². The average molecular weight is 197 g/mol. The van der Waals surface area contributed by atoms with Crippen molar-refractivity contribution in [2.75, 3.05) is 19.6 Å². The first-order valence-corrected chi connectivity index (χ1v) is 5.41. The summed E-state index contributed by atoms with van der Waals surface area (Å²) in [6, 6.07) is 0.411. The molecule has 0 aliphatic carbocycles. The zero-order chi connectivity index (χ0) is 9.97. The van der Waals surface area contributed by atoms with E-state index in [9.17, 15) is 0 Å². The average Bonchev–Trinajstić information content (AvgIpc) is 2.56. The third-order valence-electron chi connectivity index (χ3n) is 2.97. The van der Waals surface area contributed by atoms with Gasteiger partial charge in [-0.05, 0) is 32.9 Å². The topological polar surface area (TPSA) is 50.8 Å². The Balaban J connectivity index is 1.71. The van der Waals surface area contributed by atoms with E-state index in [1.807, 2.05) is 6.92 Å². The van der Waals surface area contributed by atoms with Gasteiger partial charge in [0.2, 0.25) is 0 Å². The van der Waals surface area contributed by atoms with Crippen molar-refractivity contribution < 1.29 is 4.84 Å². The van der Waals surface area contributed by atoms with Crippen molar-refractivity contribution in [1.82, 2.24) is 4.90 Å². The van der Waals surface area contributed by atoms with Gasteiger partial charge in [-0.3, -0.25) is 4.90 Å². The molecule has 0 aromatic rings. The Kier molecular flexibility index (Phi) is 3.03. The van der Waals surface area contributed by atoms with Crippen LogP contribution in [-0.4, -0.2) is 42.4 Å². The zero-order valence-electron chi connectivity index (χ0n) is 8.78. The molecular weight excluding hydrogens is 178 g/mol. The largest absolute Gasteiger partial charge is 0.391 e. The summed E-state index contributed by atoms with van der Waals surface area (Å²) in [5.74, 6) is 0. The Morgan fingerprint density at radius 2 is 2.21 bits per heavy atom. The van der Waals surface area contributed by atoms with Gasteiger partial charge in [-0.15, -0.1) is 0 Å². The van der Waals surface area contributed by atoms with Gasteiger partial charge >= 0.3 is 0 Å². The quantitative estimate of drug-likeness (QED) is 0.704. The molecule has 80 valence electrons. The number of likely N-dealkylation sites (tertiary alicyclic amines) is 1. The molecule has 0 spiro atoms. The molecular formula is C10H19N3O.